The topological polar surface area (TPSA) is 89.3 Å². The normalized spacial score (nSPS) is 12.0. The van der Waals surface area contributed by atoms with Gasteiger partial charge in [-0.25, -0.2) is 9.67 Å². The lowest BCUT2D eigenvalue weighted by Crippen LogP contribution is -2.15. The first-order valence-electron chi connectivity index (χ1n) is 9.09. The third-order valence-electron chi connectivity index (χ3n) is 4.41. The maximum atomic E-state index is 12.4. The van der Waals surface area contributed by atoms with E-state index in [1.54, 1.807) is 31.4 Å². The molecule has 146 valence electrons. The summed E-state index contributed by atoms with van der Waals surface area (Å²) >= 11 is 0. The molecular formula is C21H24N4O3. The van der Waals surface area contributed by atoms with Crippen LogP contribution in [0.5, 0.6) is 5.75 Å². The zero-order chi connectivity index (χ0) is 20.1. The summed E-state index contributed by atoms with van der Waals surface area (Å²) in [5.74, 6) is 0.751. The number of aromatic nitrogens is 3. The third kappa shape index (κ3) is 4.75. The number of hydrogen-bond acceptors (Lipinski definition) is 5. The van der Waals surface area contributed by atoms with Crippen molar-refractivity contribution >= 4 is 11.6 Å². The van der Waals surface area contributed by atoms with Gasteiger partial charge in [-0.3, -0.25) is 4.79 Å². The van der Waals surface area contributed by atoms with E-state index in [9.17, 15) is 9.90 Å². The van der Waals surface area contributed by atoms with Crippen molar-refractivity contribution in [2.45, 2.75) is 32.4 Å². The summed E-state index contributed by atoms with van der Waals surface area (Å²) in [6.07, 6.45) is 0.665. The molecule has 0 saturated carbocycles. The van der Waals surface area contributed by atoms with E-state index in [2.05, 4.69) is 29.2 Å². The van der Waals surface area contributed by atoms with E-state index in [-0.39, 0.29) is 12.4 Å². The molecule has 7 heteroatoms. The fourth-order valence-electron chi connectivity index (χ4n) is 2.76. The Kier molecular flexibility index (Phi) is 6.06. The lowest BCUT2D eigenvalue weighted by Gasteiger charge is -2.11. The average Bonchev–Trinajstić information content (AvgIpc) is 3.17. The molecule has 7 nitrogen and oxygen atoms in total. The highest BCUT2D eigenvalue weighted by Crippen LogP contribution is 2.20. The lowest BCUT2D eigenvalue weighted by molar-refractivity contribution is 0.101. The number of rotatable bonds is 7. The Morgan fingerprint density at radius 2 is 1.93 bits per heavy atom. The monoisotopic (exact) mass is 380 g/mol. The summed E-state index contributed by atoms with van der Waals surface area (Å²) < 4.78 is 6.57. The summed E-state index contributed by atoms with van der Waals surface area (Å²) in [5.41, 5.74) is 2.57. The molecule has 2 N–H and O–H groups in total. The van der Waals surface area contributed by atoms with Crippen molar-refractivity contribution < 1.29 is 14.6 Å². The van der Waals surface area contributed by atoms with E-state index in [0.717, 1.165) is 16.9 Å². The minimum atomic E-state index is -0.772. The van der Waals surface area contributed by atoms with E-state index in [1.807, 2.05) is 24.3 Å². The molecule has 0 aliphatic carbocycles. The Morgan fingerprint density at radius 3 is 2.61 bits per heavy atom. The van der Waals surface area contributed by atoms with Gasteiger partial charge in [0.25, 0.3) is 5.91 Å². The molecule has 3 aromatic rings. The number of benzene rings is 2. The number of nitrogens with one attached hydrogen (secondary N) is 1. The van der Waals surface area contributed by atoms with Gasteiger partial charge in [-0.2, -0.15) is 0 Å². The molecule has 2 aromatic carbocycles. The van der Waals surface area contributed by atoms with Gasteiger partial charge >= 0.3 is 0 Å². The molecule has 0 bridgehead atoms. The second-order valence-corrected chi connectivity index (χ2v) is 6.81. The van der Waals surface area contributed by atoms with Crippen LogP contribution >= 0.6 is 0 Å². The summed E-state index contributed by atoms with van der Waals surface area (Å²) in [7, 11) is 1.59. The van der Waals surface area contributed by atoms with E-state index >= 15 is 0 Å². The molecule has 0 radical (unpaired) electrons. The van der Waals surface area contributed by atoms with Crippen LogP contribution in [0.15, 0.2) is 54.9 Å². The third-order valence-corrected chi connectivity index (χ3v) is 4.41. The van der Waals surface area contributed by atoms with Gasteiger partial charge in [-0.1, -0.05) is 38.1 Å². The van der Waals surface area contributed by atoms with E-state index in [4.69, 9.17) is 4.74 Å². The van der Waals surface area contributed by atoms with Gasteiger partial charge in [0.15, 0.2) is 0 Å². The first kappa shape index (κ1) is 19.6. The van der Waals surface area contributed by atoms with Crippen molar-refractivity contribution in [2.75, 3.05) is 12.4 Å². The van der Waals surface area contributed by atoms with Crippen molar-refractivity contribution in [1.82, 2.24) is 14.8 Å². The summed E-state index contributed by atoms with van der Waals surface area (Å²) in [6, 6.07) is 14.8. The molecule has 0 saturated heterocycles. The molecule has 3 rings (SSSR count). The number of carbonyl (C=O) groups excluding carboxylic acids is 1. The zero-order valence-electron chi connectivity index (χ0n) is 16.2. The summed E-state index contributed by atoms with van der Waals surface area (Å²) in [4.78, 5) is 16.5. The first-order valence-corrected chi connectivity index (χ1v) is 9.09. The molecule has 1 amide bonds. The van der Waals surface area contributed by atoms with E-state index < -0.39 is 12.0 Å². The van der Waals surface area contributed by atoms with Crippen LogP contribution in [0.3, 0.4) is 0 Å². The Hall–Kier alpha value is -3.19. The Bertz CT molecular complexity index is 935. The van der Waals surface area contributed by atoms with Crippen LogP contribution in [-0.4, -0.2) is 32.9 Å². The molecule has 28 heavy (non-hydrogen) atoms. The molecule has 1 atom stereocenters. The fourth-order valence-corrected chi connectivity index (χ4v) is 2.76. The lowest BCUT2D eigenvalue weighted by atomic mass is 10.0. The van der Waals surface area contributed by atoms with Crippen LogP contribution in [0.25, 0.3) is 0 Å². The van der Waals surface area contributed by atoms with Crippen LogP contribution in [0, 0.1) is 0 Å². The van der Waals surface area contributed by atoms with E-state index in [1.165, 1.54) is 11.0 Å². The number of ether oxygens (including phenoxy) is 1. The van der Waals surface area contributed by atoms with Gasteiger partial charge in [0.05, 0.1) is 19.8 Å². The van der Waals surface area contributed by atoms with Crippen LogP contribution < -0.4 is 10.1 Å². The van der Waals surface area contributed by atoms with Crippen LogP contribution in [0.2, 0.25) is 0 Å². The summed E-state index contributed by atoms with van der Waals surface area (Å²) in [5, 5.41) is 17.4. The maximum Gasteiger partial charge on any atom is 0.295 e. The maximum absolute atomic E-state index is 12.4. The summed E-state index contributed by atoms with van der Waals surface area (Å²) in [6.45, 7) is 4.38. The molecule has 1 heterocycles. The number of anilines is 1. The van der Waals surface area contributed by atoms with Crippen molar-refractivity contribution in [3.05, 3.63) is 71.8 Å². The highest BCUT2D eigenvalue weighted by atomic mass is 16.5. The van der Waals surface area contributed by atoms with Crippen molar-refractivity contribution in [3.8, 4) is 5.75 Å². The highest BCUT2D eigenvalue weighted by Gasteiger charge is 2.15. The highest BCUT2D eigenvalue weighted by molar-refractivity contribution is 6.01. The molecular weight excluding hydrogens is 356 g/mol. The van der Waals surface area contributed by atoms with Crippen LogP contribution in [0.1, 0.15) is 47.6 Å². The Morgan fingerprint density at radius 1 is 1.18 bits per heavy atom. The van der Waals surface area contributed by atoms with Crippen molar-refractivity contribution in [3.63, 3.8) is 0 Å². The van der Waals surface area contributed by atoms with E-state index in [0.29, 0.717) is 11.6 Å². The SMILES string of the molecule is COc1ccc(C(O)Cn2cnc(C(=O)Nc3cccc(C(C)C)c3)n2)cc1. The van der Waals surface area contributed by atoms with Crippen LogP contribution in [0.4, 0.5) is 5.69 Å². The molecule has 0 fully saturated rings. The number of hydrogen-bond donors (Lipinski definition) is 2. The Balaban J connectivity index is 1.64. The number of amides is 1. The predicted molar refractivity (Wildman–Crippen MR) is 106 cm³/mol. The van der Waals surface area contributed by atoms with Crippen molar-refractivity contribution in [1.29, 1.82) is 0 Å². The molecule has 0 aliphatic heterocycles. The second-order valence-electron chi connectivity index (χ2n) is 6.81. The van der Waals surface area contributed by atoms with Gasteiger partial charge in [-0.05, 0) is 41.3 Å². The minimum absolute atomic E-state index is 0.0527. The molecule has 1 unspecified atom stereocenters. The van der Waals surface area contributed by atoms with Crippen LogP contribution in [-0.2, 0) is 6.54 Å². The molecule has 0 aliphatic rings. The smallest absolute Gasteiger partial charge is 0.295 e. The zero-order valence-corrected chi connectivity index (χ0v) is 16.2. The van der Waals surface area contributed by atoms with Gasteiger partial charge in [0, 0.05) is 5.69 Å². The standard InChI is InChI=1S/C21H24N4O3/c1-14(2)16-5-4-6-17(11-16)23-21(27)20-22-13-25(24-20)12-19(26)15-7-9-18(28-3)10-8-15/h4-11,13-14,19,26H,12H2,1-3H3,(H,23,27). The van der Waals surface area contributed by atoms with Gasteiger partial charge in [0.1, 0.15) is 12.1 Å². The molecule has 1 aromatic heterocycles. The fraction of sp³-hybridized carbons (Fsp3) is 0.286. The number of methoxy groups -OCH3 is 1. The van der Waals surface area contributed by atoms with Gasteiger partial charge in [-0.15, -0.1) is 5.10 Å². The first-order chi connectivity index (χ1) is 13.5. The molecule has 0 spiro atoms. The Labute approximate surface area is 164 Å². The van der Waals surface area contributed by atoms with Gasteiger partial charge in [0.2, 0.25) is 5.82 Å². The largest absolute Gasteiger partial charge is 0.497 e. The number of nitrogens with zero attached hydrogens (tertiary/aromatic N) is 3. The average molecular weight is 380 g/mol. The second kappa shape index (κ2) is 8.67. The number of aliphatic hydroxyl groups is 1. The quantitative estimate of drug-likeness (QED) is 0.656. The van der Waals surface area contributed by atoms with Crippen molar-refractivity contribution in [2.24, 2.45) is 0 Å². The minimum Gasteiger partial charge on any atom is -0.497 e. The number of aliphatic hydroxyl groups excluding tert-OH is 1. The predicted octanol–water partition coefficient (Wildman–Crippen LogP) is 3.40. The number of carbonyl (C=O) groups is 1. The van der Waals surface area contributed by atoms with Gasteiger partial charge < -0.3 is 15.2 Å².